The first-order valence-corrected chi connectivity index (χ1v) is 8.12. The monoisotopic (exact) mass is 306 g/mol. The molecule has 0 saturated heterocycles. The summed E-state index contributed by atoms with van der Waals surface area (Å²) >= 11 is 0. The summed E-state index contributed by atoms with van der Waals surface area (Å²) in [6.45, 7) is 0. The van der Waals surface area contributed by atoms with E-state index < -0.39 is 24.6 Å². The fraction of sp³-hybridized carbons (Fsp3) is 0.538. The SMILES string of the molecule is O=P(O)(O)C(F)(F)c1cccc(C2CCCCC2)c1O. The van der Waals surface area contributed by atoms with Crippen LogP contribution in [0.15, 0.2) is 18.2 Å². The Labute approximate surface area is 115 Å². The highest BCUT2D eigenvalue weighted by Gasteiger charge is 2.52. The summed E-state index contributed by atoms with van der Waals surface area (Å²) in [4.78, 5) is 17.5. The van der Waals surface area contributed by atoms with Crippen molar-refractivity contribution in [2.75, 3.05) is 0 Å². The Morgan fingerprint density at radius 2 is 1.75 bits per heavy atom. The molecule has 20 heavy (non-hydrogen) atoms. The highest BCUT2D eigenvalue weighted by atomic mass is 31.2. The number of alkyl halides is 2. The van der Waals surface area contributed by atoms with Crippen LogP contribution in [-0.2, 0) is 10.2 Å². The predicted octanol–water partition coefficient (Wildman–Crippen LogP) is 3.67. The van der Waals surface area contributed by atoms with Crippen molar-refractivity contribution in [1.82, 2.24) is 0 Å². The van der Waals surface area contributed by atoms with Gasteiger partial charge >= 0.3 is 13.3 Å². The average Bonchev–Trinajstić information content (AvgIpc) is 2.38. The topological polar surface area (TPSA) is 77.8 Å². The Bertz CT molecular complexity index is 535. The van der Waals surface area contributed by atoms with Crippen molar-refractivity contribution in [1.29, 1.82) is 0 Å². The Balaban J connectivity index is 2.44. The standard InChI is InChI=1S/C13H17F2O4P/c14-13(15,20(17,18)19)11-8-4-7-10(12(11)16)9-5-2-1-3-6-9/h4,7-9,16H,1-3,5-6H2,(H2,17,18,19). The number of hydrogen-bond donors (Lipinski definition) is 3. The van der Waals surface area contributed by atoms with E-state index in [0.29, 0.717) is 5.56 Å². The van der Waals surface area contributed by atoms with Crippen molar-refractivity contribution >= 4 is 7.60 Å². The van der Waals surface area contributed by atoms with Gasteiger partial charge in [0.15, 0.2) is 0 Å². The van der Waals surface area contributed by atoms with Crippen molar-refractivity contribution in [2.45, 2.75) is 43.7 Å². The van der Waals surface area contributed by atoms with Gasteiger partial charge in [-0.05, 0) is 30.4 Å². The van der Waals surface area contributed by atoms with E-state index in [1.807, 2.05) is 0 Å². The number of phenolic OH excluding ortho intramolecular Hbond substituents is 1. The molecule has 0 bridgehead atoms. The number of benzene rings is 1. The predicted molar refractivity (Wildman–Crippen MR) is 69.9 cm³/mol. The Morgan fingerprint density at radius 1 is 1.15 bits per heavy atom. The first-order valence-electron chi connectivity index (χ1n) is 6.51. The van der Waals surface area contributed by atoms with E-state index in [0.717, 1.165) is 38.2 Å². The number of aromatic hydroxyl groups is 1. The molecule has 0 atom stereocenters. The van der Waals surface area contributed by atoms with Gasteiger partial charge in [-0.3, -0.25) is 4.57 Å². The highest BCUT2D eigenvalue weighted by Crippen LogP contribution is 2.61. The number of halogens is 2. The molecule has 0 radical (unpaired) electrons. The van der Waals surface area contributed by atoms with Crippen molar-refractivity contribution < 1.29 is 28.2 Å². The van der Waals surface area contributed by atoms with Crippen LogP contribution in [0.3, 0.4) is 0 Å². The van der Waals surface area contributed by atoms with Crippen LogP contribution < -0.4 is 0 Å². The fourth-order valence-electron chi connectivity index (χ4n) is 2.70. The van der Waals surface area contributed by atoms with Gasteiger partial charge in [-0.25, -0.2) is 0 Å². The fourth-order valence-corrected chi connectivity index (χ4v) is 3.20. The Kier molecular flexibility index (Phi) is 4.19. The quantitative estimate of drug-likeness (QED) is 0.745. The van der Waals surface area contributed by atoms with Crippen LogP contribution in [0.5, 0.6) is 5.75 Å². The number of hydrogen-bond acceptors (Lipinski definition) is 2. The maximum absolute atomic E-state index is 13.7. The molecular formula is C13H17F2O4P. The van der Waals surface area contributed by atoms with E-state index in [4.69, 9.17) is 9.79 Å². The zero-order valence-corrected chi connectivity index (χ0v) is 11.7. The molecule has 1 aromatic rings. The van der Waals surface area contributed by atoms with Crippen molar-refractivity contribution in [3.8, 4) is 5.75 Å². The van der Waals surface area contributed by atoms with E-state index in [1.165, 1.54) is 6.07 Å². The molecule has 0 unspecified atom stereocenters. The molecule has 2 rings (SSSR count). The summed E-state index contributed by atoms with van der Waals surface area (Å²) in [5.41, 5.74) is -5.01. The zero-order chi connectivity index (χ0) is 15.0. The summed E-state index contributed by atoms with van der Waals surface area (Å²) in [6, 6.07) is 3.72. The average molecular weight is 306 g/mol. The smallest absolute Gasteiger partial charge is 0.399 e. The molecule has 0 amide bonds. The van der Waals surface area contributed by atoms with Gasteiger partial charge in [0, 0.05) is 0 Å². The van der Waals surface area contributed by atoms with E-state index in [9.17, 15) is 18.5 Å². The zero-order valence-electron chi connectivity index (χ0n) is 10.8. The number of phenols is 1. The summed E-state index contributed by atoms with van der Waals surface area (Å²) in [5, 5.41) is 10.0. The molecule has 4 nitrogen and oxygen atoms in total. The number of rotatable bonds is 3. The molecule has 1 fully saturated rings. The second-order valence-electron chi connectivity index (χ2n) is 5.16. The maximum Gasteiger partial charge on any atom is 0.399 e. The molecule has 1 saturated carbocycles. The molecule has 0 spiro atoms. The maximum atomic E-state index is 13.7. The van der Waals surface area contributed by atoms with E-state index >= 15 is 0 Å². The van der Waals surface area contributed by atoms with Gasteiger partial charge in [0.25, 0.3) is 0 Å². The first-order chi connectivity index (χ1) is 9.25. The Morgan fingerprint density at radius 3 is 2.30 bits per heavy atom. The second-order valence-corrected chi connectivity index (χ2v) is 6.81. The third-order valence-corrected chi connectivity index (χ3v) is 4.77. The molecule has 0 heterocycles. The summed E-state index contributed by atoms with van der Waals surface area (Å²) in [5.74, 6) is -0.719. The lowest BCUT2D eigenvalue weighted by Crippen LogP contribution is -2.15. The lowest BCUT2D eigenvalue weighted by Gasteiger charge is -2.25. The largest absolute Gasteiger partial charge is 0.507 e. The molecule has 112 valence electrons. The Hall–Kier alpha value is -0.970. The third kappa shape index (κ3) is 2.73. The molecule has 1 aliphatic rings. The molecule has 7 heteroatoms. The minimum atomic E-state index is -5.67. The van der Waals surface area contributed by atoms with E-state index in [-0.39, 0.29) is 5.92 Å². The normalized spacial score (nSPS) is 18.2. The van der Waals surface area contributed by atoms with Gasteiger partial charge in [0.1, 0.15) is 5.75 Å². The highest BCUT2D eigenvalue weighted by molar-refractivity contribution is 7.52. The third-order valence-electron chi connectivity index (χ3n) is 3.80. The van der Waals surface area contributed by atoms with Gasteiger partial charge in [0.2, 0.25) is 0 Å². The van der Waals surface area contributed by atoms with Crippen molar-refractivity contribution in [3.05, 3.63) is 29.3 Å². The molecule has 3 N–H and O–H groups in total. The molecule has 0 aliphatic heterocycles. The van der Waals surface area contributed by atoms with Crippen LogP contribution >= 0.6 is 7.60 Å². The van der Waals surface area contributed by atoms with E-state index in [2.05, 4.69) is 0 Å². The summed E-state index contributed by atoms with van der Waals surface area (Å²) in [7, 11) is -5.67. The van der Waals surface area contributed by atoms with Crippen LogP contribution in [0.2, 0.25) is 0 Å². The van der Waals surface area contributed by atoms with Crippen molar-refractivity contribution in [2.24, 2.45) is 0 Å². The van der Waals surface area contributed by atoms with Crippen LogP contribution in [0.1, 0.15) is 49.1 Å². The van der Waals surface area contributed by atoms with Gasteiger partial charge in [-0.2, -0.15) is 8.78 Å². The van der Waals surface area contributed by atoms with Crippen LogP contribution in [0, 0.1) is 0 Å². The summed E-state index contributed by atoms with van der Waals surface area (Å²) < 4.78 is 38.4. The lowest BCUT2D eigenvalue weighted by atomic mass is 9.83. The van der Waals surface area contributed by atoms with Gasteiger partial charge in [0.05, 0.1) is 5.56 Å². The molecular weight excluding hydrogens is 289 g/mol. The lowest BCUT2D eigenvalue weighted by molar-refractivity contribution is 0.0537. The minimum absolute atomic E-state index is 0.0312. The van der Waals surface area contributed by atoms with Crippen LogP contribution in [-0.4, -0.2) is 14.9 Å². The van der Waals surface area contributed by atoms with Crippen LogP contribution in [0.4, 0.5) is 8.78 Å². The number of para-hydroxylation sites is 1. The van der Waals surface area contributed by atoms with Crippen LogP contribution in [0.25, 0.3) is 0 Å². The minimum Gasteiger partial charge on any atom is -0.507 e. The first kappa shape index (κ1) is 15.4. The van der Waals surface area contributed by atoms with Gasteiger partial charge in [-0.1, -0.05) is 31.4 Å². The molecule has 0 aromatic heterocycles. The van der Waals surface area contributed by atoms with Gasteiger partial charge < -0.3 is 14.9 Å². The van der Waals surface area contributed by atoms with Crippen molar-refractivity contribution in [3.63, 3.8) is 0 Å². The second kappa shape index (κ2) is 5.43. The summed E-state index contributed by atoms with van der Waals surface area (Å²) in [6.07, 6.45) is 4.58. The molecule has 1 aliphatic carbocycles. The molecule has 1 aromatic carbocycles. The van der Waals surface area contributed by atoms with Gasteiger partial charge in [-0.15, -0.1) is 0 Å². The van der Waals surface area contributed by atoms with E-state index in [1.54, 1.807) is 6.07 Å².